The van der Waals surface area contributed by atoms with Gasteiger partial charge in [0.25, 0.3) is 0 Å². The summed E-state index contributed by atoms with van der Waals surface area (Å²) in [7, 11) is 0. The van der Waals surface area contributed by atoms with Crippen LogP contribution >= 0.6 is 11.3 Å². The van der Waals surface area contributed by atoms with Gasteiger partial charge in [-0.25, -0.2) is 0 Å². The summed E-state index contributed by atoms with van der Waals surface area (Å²) in [6.45, 7) is 2.70. The summed E-state index contributed by atoms with van der Waals surface area (Å²) in [5.74, 6) is 0.813. The second kappa shape index (κ2) is 6.01. The van der Waals surface area contributed by atoms with Crippen LogP contribution in [-0.2, 0) is 4.74 Å². The minimum Gasteiger partial charge on any atom is -0.507 e. The van der Waals surface area contributed by atoms with E-state index in [4.69, 9.17) is 4.74 Å². The van der Waals surface area contributed by atoms with Gasteiger partial charge in [-0.2, -0.15) is 0 Å². The quantitative estimate of drug-likeness (QED) is 0.677. The van der Waals surface area contributed by atoms with E-state index in [9.17, 15) is 10.2 Å². The number of fused-ring (bicyclic) bond motifs is 1. The number of ether oxygens (including phenoxy) is 1. The number of nitrogens with zero attached hydrogens (tertiary/aromatic N) is 2. The fourth-order valence-electron chi connectivity index (χ4n) is 2.91. The summed E-state index contributed by atoms with van der Waals surface area (Å²) in [4.78, 5) is 0. The fraction of sp³-hybridized carbons (Fsp3) is 0.294. The number of nitrogens with one attached hydrogen (secondary N) is 1. The molecule has 4 rings (SSSR count). The van der Waals surface area contributed by atoms with Crippen LogP contribution in [-0.4, -0.2) is 45.8 Å². The van der Waals surface area contributed by atoms with Crippen molar-refractivity contribution in [3.63, 3.8) is 0 Å². The van der Waals surface area contributed by atoms with Gasteiger partial charge in [0, 0.05) is 15.6 Å². The largest absolute Gasteiger partial charge is 0.507 e. The third kappa shape index (κ3) is 2.60. The number of aromatic nitrogens is 2. The van der Waals surface area contributed by atoms with Crippen LogP contribution in [0.15, 0.2) is 29.6 Å². The molecule has 0 amide bonds. The molecule has 2 atom stereocenters. The Bertz CT molecular complexity index is 896. The molecule has 24 heavy (non-hydrogen) atoms. The van der Waals surface area contributed by atoms with E-state index in [2.05, 4.69) is 15.5 Å². The second-order valence-corrected chi connectivity index (χ2v) is 6.86. The Morgan fingerprint density at radius 2 is 2.12 bits per heavy atom. The lowest BCUT2D eigenvalue weighted by molar-refractivity contribution is 0.125. The molecule has 1 fully saturated rings. The van der Waals surface area contributed by atoms with Gasteiger partial charge in [-0.3, -0.25) is 0 Å². The number of rotatable bonds is 3. The van der Waals surface area contributed by atoms with Gasteiger partial charge >= 0.3 is 0 Å². The first-order chi connectivity index (χ1) is 11.6. The van der Waals surface area contributed by atoms with Crippen LogP contribution in [0.3, 0.4) is 0 Å². The molecule has 0 unspecified atom stereocenters. The van der Waals surface area contributed by atoms with E-state index < -0.39 is 6.10 Å². The monoisotopic (exact) mass is 343 g/mol. The number of thiophene rings is 1. The van der Waals surface area contributed by atoms with Gasteiger partial charge < -0.3 is 20.3 Å². The van der Waals surface area contributed by atoms with Crippen molar-refractivity contribution in [2.45, 2.75) is 19.1 Å². The molecule has 2 aromatic heterocycles. The number of aliphatic hydroxyl groups is 1. The molecular formula is C17H17N3O3S. The van der Waals surface area contributed by atoms with Crippen LogP contribution in [0.2, 0.25) is 0 Å². The molecule has 0 radical (unpaired) electrons. The topological polar surface area (TPSA) is 87.5 Å². The third-order valence-corrected chi connectivity index (χ3v) is 5.11. The molecule has 3 heterocycles. The molecule has 1 aliphatic rings. The number of benzene rings is 1. The lowest BCUT2D eigenvalue weighted by Gasteiger charge is -2.16. The predicted molar refractivity (Wildman–Crippen MR) is 93.5 cm³/mol. The third-order valence-electron chi connectivity index (χ3n) is 4.23. The smallest absolute Gasteiger partial charge is 0.149 e. The molecule has 0 aliphatic carbocycles. The summed E-state index contributed by atoms with van der Waals surface area (Å²) in [5, 5.41) is 34.7. The summed E-state index contributed by atoms with van der Waals surface area (Å²) < 4.78 is 6.26. The predicted octanol–water partition coefficient (Wildman–Crippen LogP) is 2.54. The Balaban J connectivity index is 1.67. The molecule has 1 saturated heterocycles. The highest BCUT2D eigenvalue weighted by molar-refractivity contribution is 7.17. The lowest BCUT2D eigenvalue weighted by Crippen LogP contribution is -2.32. The number of phenols is 1. The van der Waals surface area contributed by atoms with Crippen LogP contribution in [0.25, 0.3) is 21.3 Å². The zero-order valence-electron chi connectivity index (χ0n) is 13.1. The second-order valence-electron chi connectivity index (χ2n) is 5.91. The molecule has 1 aliphatic heterocycles. The molecule has 0 spiro atoms. The lowest BCUT2D eigenvalue weighted by atomic mass is 10.0. The average molecular weight is 343 g/mol. The van der Waals surface area contributed by atoms with Crippen molar-refractivity contribution in [2.24, 2.45) is 0 Å². The summed E-state index contributed by atoms with van der Waals surface area (Å²) >= 11 is 1.59. The molecule has 0 saturated carbocycles. The van der Waals surface area contributed by atoms with Gasteiger partial charge in [0.1, 0.15) is 11.6 Å². The molecule has 3 N–H and O–H groups in total. The molecule has 124 valence electrons. The van der Waals surface area contributed by atoms with Crippen LogP contribution < -0.4 is 5.32 Å². The Kier molecular flexibility index (Phi) is 3.84. The zero-order valence-corrected chi connectivity index (χ0v) is 13.9. The van der Waals surface area contributed by atoms with Crippen LogP contribution in [0.1, 0.15) is 5.56 Å². The highest BCUT2D eigenvalue weighted by atomic mass is 32.1. The van der Waals surface area contributed by atoms with Crippen LogP contribution in [0.4, 0.5) is 5.82 Å². The molecular weight excluding hydrogens is 326 g/mol. The van der Waals surface area contributed by atoms with Gasteiger partial charge in [-0.05, 0) is 42.1 Å². The Morgan fingerprint density at radius 1 is 1.25 bits per heavy atom. The molecule has 6 nitrogen and oxygen atoms in total. The summed E-state index contributed by atoms with van der Waals surface area (Å²) in [5.41, 5.74) is 2.21. The van der Waals surface area contributed by atoms with E-state index in [0.717, 1.165) is 15.6 Å². The van der Waals surface area contributed by atoms with Crippen molar-refractivity contribution in [1.82, 2.24) is 10.2 Å². The average Bonchev–Trinajstić information content (AvgIpc) is 3.19. The normalized spacial score (nSPS) is 20.6. The van der Waals surface area contributed by atoms with Gasteiger partial charge in [0.15, 0.2) is 0 Å². The number of aryl methyl sites for hydroxylation is 1. The standard InChI is InChI=1S/C17H17N3O3S/c1-9-6-15(18-12-7-23-8-13(12)21)19-20-16(9)11-2-3-14-10(17(11)22)4-5-24-14/h2-6,12-13,21-22H,7-8H2,1H3,(H,18,19)/t12-,13+/m1/s1. The Labute approximate surface area is 142 Å². The van der Waals surface area contributed by atoms with Crippen molar-refractivity contribution in [3.8, 4) is 17.0 Å². The van der Waals surface area contributed by atoms with E-state index in [0.29, 0.717) is 30.3 Å². The maximum absolute atomic E-state index is 10.5. The van der Waals surface area contributed by atoms with Crippen LogP contribution in [0.5, 0.6) is 5.75 Å². The van der Waals surface area contributed by atoms with E-state index >= 15 is 0 Å². The van der Waals surface area contributed by atoms with Crippen molar-refractivity contribution in [1.29, 1.82) is 0 Å². The Morgan fingerprint density at radius 3 is 2.88 bits per heavy atom. The first-order valence-electron chi connectivity index (χ1n) is 7.69. The number of phenolic OH excluding ortho intramolecular Hbond substituents is 1. The maximum atomic E-state index is 10.5. The van der Waals surface area contributed by atoms with E-state index in [1.54, 1.807) is 11.3 Å². The number of hydrogen-bond acceptors (Lipinski definition) is 7. The van der Waals surface area contributed by atoms with Gasteiger partial charge in [0.2, 0.25) is 0 Å². The highest BCUT2D eigenvalue weighted by Crippen LogP contribution is 2.38. The van der Waals surface area contributed by atoms with E-state index in [1.165, 1.54) is 0 Å². The minimum absolute atomic E-state index is 0.180. The van der Waals surface area contributed by atoms with Crippen molar-refractivity contribution in [3.05, 3.63) is 35.2 Å². The zero-order chi connectivity index (χ0) is 16.7. The number of anilines is 1. The highest BCUT2D eigenvalue weighted by Gasteiger charge is 2.26. The van der Waals surface area contributed by atoms with Crippen molar-refractivity contribution < 1.29 is 14.9 Å². The van der Waals surface area contributed by atoms with E-state index in [-0.39, 0.29) is 11.8 Å². The summed E-state index contributed by atoms with van der Waals surface area (Å²) in [6, 6.07) is 7.44. The van der Waals surface area contributed by atoms with Gasteiger partial charge in [-0.1, -0.05) is 0 Å². The summed E-state index contributed by atoms with van der Waals surface area (Å²) in [6.07, 6.45) is -0.545. The van der Waals surface area contributed by atoms with Crippen LogP contribution in [0, 0.1) is 6.92 Å². The SMILES string of the molecule is Cc1cc(N[C@@H]2COC[C@@H]2O)nnc1-c1ccc2sccc2c1O. The minimum atomic E-state index is -0.545. The van der Waals surface area contributed by atoms with Crippen molar-refractivity contribution >= 4 is 27.2 Å². The first-order valence-corrected chi connectivity index (χ1v) is 8.57. The molecule has 3 aromatic rings. The molecule has 0 bridgehead atoms. The first kappa shape index (κ1) is 15.3. The van der Waals surface area contributed by atoms with Gasteiger partial charge in [-0.15, -0.1) is 21.5 Å². The van der Waals surface area contributed by atoms with Gasteiger partial charge in [0.05, 0.1) is 31.1 Å². The Hall–Kier alpha value is -2.22. The number of aromatic hydroxyl groups is 1. The van der Waals surface area contributed by atoms with E-state index in [1.807, 2.05) is 36.6 Å². The fourth-order valence-corrected chi connectivity index (χ4v) is 3.70. The number of hydrogen-bond donors (Lipinski definition) is 3. The maximum Gasteiger partial charge on any atom is 0.149 e. The molecule has 7 heteroatoms. The molecule has 1 aromatic carbocycles. The number of aliphatic hydroxyl groups excluding tert-OH is 1. The van der Waals surface area contributed by atoms with Crippen molar-refractivity contribution in [2.75, 3.05) is 18.5 Å².